The van der Waals surface area contributed by atoms with Crippen molar-refractivity contribution in [2.45, 2.75) is 44.1 Å². The average molecular weight is 280 g/mol. The van der Waals surface area contributed by atoms with Gasteiger partial charge in [0.25, 0.3) is 0 Å². The second-order valence-electron chi connectivity index (χ2n) is 5.33. The van der Waals surface area contributed by atoms with E-state index in [0.29, 0.717) is 17.2 Å². The molecular weight excluding hydrogens is 256 g/mol. The first kappa shape index (κ1) is 15.0. The predicted molar refractivity (Wildman–Crippen MR) is 77.7 cm³/mol. The molecule has 0 aromatic heterocycles. The summed E-state index contributed by atoms with van der Waals surface area (Å²) in [6, 6.07) is 3.73. The van der Waals surface area contributed by atoms with Gasteiger partial charge in [-0.05, 0) is 25.0 Å². The number of rotatable bonds is 4. The van der Waals surface area contributed by atoms with Crippen LogP contribution in [-0.4, -0.2) is 26.4 Å². The Morgan fingerprint density at radius 1 is 0.850 bits per heavy atom. The third-order valence-electron chi connectivity index (χ3n) is 4.14. The van der Waals surface area contributed by atoms with Gasteiger partial charge in [-0.3, -0.25) is 0 Å². The van der Waals surface area contributed by atoms with Gasteiger partial charge in [-0.25, -0.2) is 0 Å². The standard InChI is InChI=1S/C16H24O4/c1-18-13-9-8-12(14(19-2)15(13)20-3)16(17)10-6-4-5-7-11-16/h8-9,17H,4-7,10-11H2,1-3H3. The third-order valence-corrected chi connectivity index (χ3v) is 4.14. The largest absolute Gasteiger partial charge is 0.493 e. The Balaban J connectivity index is 2.49. The first-order valence-corrected chi connectivity index (χ1v) is 7.18. The Morgan fingerprint density at radius 3 is 1.95 bits per heavy atom. The van der Waals surface area contributed by atoms with Crippen molar-refractivity contribution in [2.24, 2.45) is 0 Å². The molecule has 0 spiro atoms. The van der Waals surface area contributed by atoms with Gasteiger partial charge >= 0.3 is 0 Å². The third kappa shape index (κ3) is 2.70. The molecule has 1 aromatic carbocycles. The molecule has 4 heteroatoms. The van der Waals surface area contributed by atoms with Crippen molar-refractivity contribution in [2.75, 3.05) is 21.3 Å². The van der Waals surface area contributed by atoms with Crippen molar-refractivity contribution in [1.82, 2.24) is 0 Å². The van der Waals surface area contributed by atoms with Crippen LogP contribution in [0, 0.1) is 0 Å². The molecule has 1 saturated carbocycles. The highest BCUT2D eigenvalue weighted by Crippen LogP contribution is 2.47. The van der Waals surface area contributed by atoms with E-state index < -0.39 is 5.60 Å². The lowest BCUT2D eigenvalue weighted by Crippen LogP contribution is -2.25. The van der Waals surface area contributed by atoms with Crippen LogP contribution in [0.1, 0.15) is 44.1 Å². The molecule has 112 valence electrons. The van der Waals surface area contributed by atoms with E-state index in [1.54, 1.807) is 21.3 Å². The molecule has 0 unspecified atom stereocenters. The van der Waals surface area contributed by atoms with Crippen LogP contribution < -0.4 is 14.2 Å². The zero-order valence-corrected chi connectivity index (χ0v) is 12.6. The van der Waals surface area contributed by atoms with Crippen LogP contribution in [0.5, 0.6) is 17.2 Å². The molecule has 1 N–H and O–H groups in total. The molecule has 0 atom stereocenters. The maximum atomic E-state index is 11.0. The molecule has 0 amide bonds. The van der Waals surface area contributed by atoms with Gasteiger partial charge in [0.2, 0.25) is 5.75 Å². The van der Waals surface area contributed by atoms with Gasteiger partial charge in [0.1, 0.15) is 0 Å². The minimum absolute atomic E-state index is 0.546. The molecular formula is C16H24O4. The van der Waals surface area contributed by atoms with E-state index in [2.05, 4.69) is 0 Å². The Hall–Kier alpha value is -1.42. The molecule has 1 aliphatic rings. The maximum Gasteiger partial charge on any atom is 0.203 e. The van der Waals surface area contributed by atoms with Gasteiger partial charge in [0, 0.05) is 5.56 Å². The van der Waals surface area contributed by atoms with Gasteiger partial charge in [0.15, 0.2) is 11.5 Å². The molecule has 0 heterocycles. The van der Waals surface area contributed by atoms with Crippen molar-refractivity contribution in [1.29, 1.82) is 0 Å². The minimum Gasteiger partial charge on any atom is -0.493 e. The molecule has 0 aliphatic heterocycles. The summed E-state index contributed by atoms with van der Waals surface area (Å²) in [5, 5.41) is 11.0. The predicted octanol–water partition coefficient (Wildman–Crippen LogP) is 3.25. The quantitative estimate of drug-likeness (QED) is 0.860. The molecule has 1 aromatic rings. The van der Waals surface area contributed by atoms with Gasteiger partial charge in [-0.1, -0.05) is 25.7 Å². The molecule has 0 bridgehead atoms. The van der Waals surface area contributed by atoms with E-state index >= 15 is 0 Å². The second-order valence-corrected chi connectivity index (χ2v) is 5.33. The minimum atomic E-state index is -0.832. The molecule has 1 aliphatic carbocycles. The van der Waals surface area contributed by atoms with Crippen LogP contribution in [0.15, 0.2) is 12.1 Å². The summed E-state index contributed by atoms with van der Waals surface area (Å²) in [5.74, 6) is 1.74. The number of methoxy groups -OCH3 is 3. The summed E-state index contributed by atoms with van der Waals surface area (Å²) in [6.07, 6.45) is 5.95. The van der Waals surface area contributed by atoms with Crippen LogP contribution in [0.25, 0.3) is 0 Å². The summed E-state index contributed by atoms with van der Waals surface area (Å²) in [5.41, 5.74) is -0.0268. The summed E-state index contributed by atoms with van der Waals surface area (Å²) < 4.78 is 16.2. The van der Waals surface area contributed by atoms with Crippen molar-refractivity contribution in [3.63, 3.8) is 0 Å². The van der Waals surface area contributed by atoms with Crippen molar-refractivity contribution in [3.05, 3.63) is 17.7 Å². The lowest BCUT2D eigenvalue weighted by atomic mass is 9.85. The molecule has 1 fully saturated rings. The fraction of sp³-hybridized carbons (Fsp3) is 0.625. The summed E-state index contributed by atoms with van der Waals surface area (Å²) in [6.45, 7) is 0. The van der Waals surface area contributed by atoms with E-state index in [1.165, 1.54) is 12.8 Å². The van der Waals surface area contributed by atoms with Gasteiger partial charge in [0.05, 0.1) is 26.9 Å². The highest BCUT2D eigenvalue weighted by Gasteiger charge is 2.34. The number of aliphatic hydroxyl groups is 1. The van der Waals surface area contributed by atoms with Crippen molar-refractivity contribution in [3.8, 4) is 17.2 Å². The monoisotopic (exact) mass is 280 g/mol. The molecule has 4 nitrogen and oxygen atoms in total. The number of ether oxygens (including phenoxy) is 3. The topological polar surface area (TPSA) is 47.9 Å². The smallest absolute Gasteiger partial charge is 0.203 e. The van der Waals surface area contributed by atoms with Crippen LogP contribution in [0.3, 0.4) is 0 Å². The van der Waals surface area contributed by atoms with Crippen LogP contribution in [0.4, 0.5) is 0 Å². The fourth-order valence-corrected chi connectivity index (χ4v) is 3.05. The van der Waals surface area contributed by atoms with E-state index in [4.69, 9.17) is 14.2 Å². The lowest BCUT2D eigenvalue weighted by molar-refractivity contribution is 0.0181. The summed E-state index contributed by atoms with van der Waals surface area (Å²) in [4.78, 5) is 0. The van der Waals surface area contributed by atoms with E-state index in [0.717, 1.165) is 31.2 Å². The maximum absolute atomic E-state index is 11.0. The second kappa shape index (κ2) is 6.35. The molecule has 0 saturated heterocycles. The number of benzene rings is 1. The summed E-state index contributed by atoms with van der Waals surface area (Å²) >= 11 is 0. The zero-order valence-electron chi connectivity index (χ0n) is 12.6. The van der Waals surface area contributed by atoms with Gasteiger partial charge in [-0.15, -0.1) is 0 Å². The molecule has 20 heavy (non-hydrogen) atoms. The Morgan fingerprint density at radius 2 is 1.45 bits per heavy atom. The van der Waals surface area contributed by atoms with E-state index in [1.807, 2.05) is 12.1 Å². The molecule has 0 radical (unpaired) electrons. The van der Waals surface area contributed by atoms with Crippen LogP contribution in [-0.2, 0) is 5.60 Å². The first-order valence-electron chi connectivity index (χ1n) is 7.18. The number of hydrogen-bond donors (Lipinski definition) is 1. The lowest BCUT2D eigenvalue weighted by Gasteiger charge is -2.29. The van der Waals surface area contributed by atoms with Crippen molar-refractivity contribution >= 4 is 0 Å². The Kier molecular flexibility index (Phi) is 4.76. The van der Waals surface area contributed by atoms with E-state index in [9.17, 15) is 5.11 Å². The van der Waals surface area contributed by atoms with Crippen molar-refractivity contribution < 1.29 is 19.3 Å². The van der Waals surface area contributed by atoms with E-state index in [-0.39, 0.29) is 0 Å². The summed E-state index contributed by atoms with van der Waals surface area (Å²) in [7, 11) is 4.78. The highest BCUT2D eigenvalue weighted by molar-refractivity contribution is 5.57. The van der Waals surface area contributed by atoms with Gasteiger partial charge in [-0.2, -0.15) is 0 Å². The Bertz CT molecular complexity index is 448. The zero-order chi connectivity index (χ0) is 14.6. The first-order chi connectivity index (χ1) is 9.66. The normalized spacial score (nSPS) is 18.2. The van der Waals surface area contributed by atoms with Crippen LogP contribution >= 0.6 is 0 Å². The van der Waals surface area contributed by atoms with Crippen LogP contribution in [0.2, 0.25) is 0 Å². The highest BCUT2D eigenvalue weighted by atomic mass is 16.5. The SMILES string of the molecule is COc1ccc(C2(O)CCCCCC2)c(OC)c1OC. The number of hydrogen-bond acceptors (Lipinski definition) is 4. The average Bonchev–Trinajstić information content (AvgIpc) is 2.70. The Labute approximate surface area is 120 Å². The fourth-order valence-electron chi connectivity index (χ4n) is 3.05. The van der Waals surface area contributed by atoms with Gasteiger partial charge < -0.3 is 19.3 Å². The molecule has 2 rings (SSSR count).